The van der Waals surface area contributed by atoms with E-state index in [4.69, 9.17) is 1.37 Å². The normalized spacial score (nSPS) is 14.4. The molecule has 4 aromatic rings. The highest BCUT2D eigenvalue weighted by atomic mass is 14.5. The Morgan fingerprint density at radius 3 is 1.88 bits per heavy atom. The van der Waals surface area contributed by atoms with E-state index in [9.17, 15) is 0 Å². The molecule has 0 atom stereocenters. The lowest BCUT2D eigenvalue weighted by Crippen LogP contribution is -2.28. The summed E-state index contributed by atoms with van der Waals surface area (Å²) in [6.45, 7) is 2.15. The fraction of sp³-hybridized carbons (Fsp3) is 0.0769. The maximum Gasteiger partial charge on any atom is 0.0713 e. The van der Waals surface area contributed by atoms with Crippen molar-refractivity contribution in [1.82, 2.24) is 0 Å². The van der Waals surface area contributed by atoms with Crippen molar-refractivity contribution in [3.8, 4) is 11.1 Å². The van der Waals surface area contributed by atoms with Gasteiger partial charge in [0.25, 0.3) is 0 Å². The Morgan fingerprint density at radius 1 is 0.615 bits per heavy atom. The van der Waals surface area contributed by atoms with Gasteiger partial charge in [-0.05, 0) is 40.3 Å². The summed E-state index contributed by atoms with van der Waals surface area (Å²) >= 11 is 0. The fourth-order valence-corrected chi connectivity index (χ4v) is 4.49. The van der Waals surface area contributed by atoms with E-state index in [1.54, 1.807) is 0 Å². The number of aryl methyl sites for hydroxylation is 1. The summed E-state index contributed by atoms with van der Waals surface area (Å²) in [5.41, 5.74) is 8.35. The second-order valence-electron chi connectivity index (χ2n) is 7.00. The van der Waals surface area contributed by atoms with Crippen molar-refractivity contribution in [2.24, 2.45) is 0 Å². The lowest BCUT2D eigenvalue weighted by atomic mass is 9.67. The molecule has 26 heavy (non-hydrogen) atoms. The molecule has 0 heteroatoms. The molecule has 124 valence electrons. The van der Waals surface area contributed by atoms with Crippen LogP contribution in [0.25, 0.3) is 11.1 Å². The van der Waals surface area contributed by atoms with Crippen LogP contribution in [0.3, 0.4) is 0 Å². The Labute approximate surface area is 156 Å². The fourth-order valence-electron chi connectivity index (χ4n) is 4.49. The Morgan fingerprint density at radius 2 is 1.23 bits per heavy atom. The van der Waals surface area contributed by atoms with Crippen LogP contribution in [0.4, 0.5) is 0 Å². The standard InChI is InChI=1S/C26H20/c1-19-16-17-23-22-14-8-9-15-24(22)26(25(23)18-19,20-10-4-2-5-11-20)21-12-6-3-7-13-21/h2-18H,1H3/i9D. The molecule has 0 heterocycles. The molecule has 0 nitrogen and oxygen atoms in total. The maximum absolute atomic E-state index is 8.31. The smallest absolute Gasteiger partial charge is 0.0622 e. The lowest BCUT2D eigenvalue weighted by molar-refractivity contribution is 0.767. The first-order valence-corrected chi connectivity index (χ1v) is 9.05. The highest BCUT2D eigenvalue weighted by Crippen LogP contribution is 2.55. The van der Waals surface area contributed by atoms with Gasteiger partial charge in [0.15, 0.2) is 0 Å². The number of benzene rings is 4. The van der Waals surface area contributed by atoms with E-state index >= 15 is 0 Å². The van der Waals surface area contributed by atoms with Gasteiger partial charge in [0.1, 0.15) is 0 Å². The molecule has 1 aliphatic carbocycles. The predicted molar refractivity (Wildman–Crippen MR) is 108 cm³/mol. The molecule has 5 rings (SSSR count). The van der Waals surface area contributed by atoms with Crippen molar-refractivity contribution in [3.05, 3.63) is 131 Å². The Balaban J connectivity index is 2.00. The minimum atomic E-state index is -0.393. The molecule has 0 spiro atoms. The minimum Gasteiger partial charge on any atom is -0.0622 e. The lowest BCUT2D eigenvalue weighted by Gasteiger charge is -2.34. The highest BCUT2D eigenvalue weighted by Gasteiger charge is 2.45. The third-order valence-electron chi connectivity index (χ3n) is 5.55. The first-order chi connectivity index (χ1) is 13.2. The summed E-state index contributed by atoms with van der Waals surface area (Å²) < 4.78 is 8.31. The summed E-state index contributed by atoms with van der Waals surface area (Å²) in [4.78, 5) is 0. The third kappa shape index (κ3) is 1.96. The predicted octanol–water partition coefficient (Wildman–Crippen LogP) is 6.36. The zero-order chi connectivity index (χ0) is 18.4. The summed E-state index contributed by atoms with van der Waals surface area (Å²) in [5, 5.41) is 0. The van der Waals surface area contributed by atoms with E-state index in [2.05, 4.69) is 91.9 Å². The largest absolute Gasteiger partial charge is 0.0713 e. The quantitative estimate of drug-likeness (QED) is 0.353. The molecular formula is C26H20. The van der Waals surface area contributed by atoms with Crippen LogP contribution in [0.2, 0.25) is 0 Å². The summed E-state index contributed by atoms with van der Waals surface area (Å²) in [7, 11) is 0. The van der Waals surface area contributed by atoms with Gasteiger partial charge in [-0.15, -0.1) is 0 Å². The monoisotopic (exact) mass is 333 g/mol. The molecule has 0 N–H and O–H groups in total. The average molecular weight is 333 g/mol. The number of fused-ring (bicyclic) bond motifs is 3. The van der Waals surface area contributed by atoms with E-state index in [1.807, 2.05) is 12.1 Å². The Hall–Kier alpha value is -3.12. The van der Waals surface area contributed by atoms with Crippen LogP contribution in [0.5, 0.6) is 0 Å². The first kappa shape index (κ1) is 14.1. The van der Waals surface area contributed by atoms with Crippen LogP contribution in [-0.2, 0) is 5.41 Å². The molecule has 0 fully saturated rings. The van der Waals surface area contributed by atoms with Crippen LogP contribution >= 0.6 is 0 Å². The second kappa shape index (κ2) is 5.71. The third-order valence-corrected chi connectivity index (χ3v) is 5.55. The van der Waals surface area contributed by atoms with E-state index in [0.717, 1.165) is 0 Å². The van der Waals surface area contributed by atoms with Gasteiger partial charge in [-0.2, -0.15) is 0 Å². The second-order valence-corrected chi connectivity index (χ2v) is 7.00. The van der Waals surface area contributed by atoms with E-state index in [0.29, 0.717) is 6.04 Å². The molecule has 4 aromatic carbocycles. The summed E-state index contributed by atoms with van der Waals surface area (Å²) in [6, 6.07) is 34.8. The number of rotatable bonds is 2. The van der Waals surface area contributed by atoms with Gasteiger partial charge in [0.2, 0.25) is 0 Å². The van der Waals surface area contributed by atoms with E-state index in [1.165, 1.54) is 38.9 Å². The molecule has 0 unspecified atom stereocenters. The SMILES string of the molecule is [2H]c1ccc2c(c1)C(c1ccccc1)(c1ccccc1)c1cc(C)ccc1-2. The molecule has 0 saturated heterocycles. The van der Waals surface area contributed by atoms with E-state index in [-0.39, 0.29) is 0 Å². The van der Waals surface area contributed by atoms with Crippen LogP contribution in [-0.4, -0.2) is 0 Å². The maximum atomic E-state index is 8.31. The minimum absolute atomic E-state index is 0.393. The van der Waals surface area contributed by atoms with Crippen LogP contribution in [0.15, 0.2) is 103 Å². The van der Waals surface area contributed by atoms with Gasteiger partial charge in [-0.3, -0.25) is 0 Å². The van der Waals surface area contributed by atoms with Crippen molar-refractivity contribution in [2.75, 3.05) is 0 Å². The Bertz CT molecular complexity index is 1030. The van der Waals surface area contributed by atoms with Crippen molar-refractivity contribution in [2.45, 2.75) is 12.3 Å². The molecule has 0 saturated carbocycles. The van der Waals surface area contributed by atoms with Crippen molar-refractivity contribution >= 4 is 0 Å². The zero-order valence-electron chi connectivity index (χ0n) is 15.7. The Kier molecular flexibility index (Phi) is 3.09. The topological polar surface area (TPSA) is 0 Å². The van der Waals surface area contributed by atoms with Gasteiger partial charge in [0.05, 0.1) is 6.79 Å². The average Bonchev–Trinajstić information content (AvgIpc) is 2.99. The zero-order valence-corrected chi connectivity index (χ0v) is 14.7. The van der Waals surface area contributed by atoms with Gasteiger partial charge in [-0.1, -0.05) is 109 Å². The van der Waals surface area contributed by atoms with Crippen LogP contribution in [0, 0.1) is 6.92 Å². The van der Waals surface area contributed by atoms with Gasteiger partial charge >= 0.3 is 0 Å². The number of hydrogen-bond donors (Lipinski definition) is 0. The first-order valence-electron chi connectivity index (χ1n) is 9.55. The molecule has 0 aromatic heterocycles. The molecule has 0 bridgehead atoms. The van der Waals surface area contributed by atoms with Crippen LogP contribution in [0.1, 0.15) is 29.2 Å². The molecule has 0 radical (unpaired) electrons. The highest BCUT2D eigenvalue weighted by molar-refractivity contribution is 5.86. The van der Waals surface area contributed by atoms with E-state index < -0.39 is 5.41 Å². The number of hydrogen-bond acceptors (Lipinski definition) is 0. The van der Waals surface area contributed by atoms with Crippen molar-refractivity contribution < 1.29 is 1.37 Å². The summed E-state index contributed by atoms with van der Waals surface area (Å²) in [6.07, 6.45) is 0. The molecular weight excluding hydrogens is 312 g/mol. The van der Waals surface area contributed by atoms with Crippen molar-refractivity contribution in [3.63, 3.8) is 0 Å². The van der Waals surface area contributed by atoms with Crippen molar-refractivity contribution in [1.29, 1.82) is 0 Å². The van der Waals surface area contributed by atoms with Gasteiger partial charge in [-0.25, -0.2) is 0 Å². The molecule has 0 amide bonds. The molecule has 0 aliphatic heterocycles. The molecule has 1 aliphatic rings. The van der Waals surface area contributed by atoms with Crippen LogP contribution < -0.4 is 0 Å². The summed E-state index contributed by atoms with van der Waals surface area (Å²) in [5.74, 6) is 0. The van der Waals surface area contributed by atoms with Gasteiger partial charge < -0.3 is 0 Å². The van der Waals surface area contributed by atoms with Gasteiger partial charge in [0, 0.05) is 0 Å².